The van der Waals surface area contributed by atoms with Gasteiger partial charge in [-0.2, -0.15) is 5.26 Å². The predicted octanol–water partition coefficient (Wildman–Crippen LogP) is 1.72. The summed E-state index contributed by atoms with van der Waals surface area (Å²) in [4.78, 5) is 4.62. The Bertz CT molecular complexity index is 382. The zero-order valence-electron chi connectivity index (χ0n) is 10.3. The highest BCUT2D eigenvalue weighted by Crippen LogP contribution is 2.13. The van der Waals surface area contributed by atoms with Gasteiger partial charge in [-0.05, 0) is 12.1 Å². The second-order valence-corrected chi connectivity index (χ2v) is 4.49. The van der Waals surface area contributed by atoms with E-state index in [9.17, 15) is 5.26 Å². The highest BCUT2D eigenvalue weighted by molar-refractivity contribution is 5.15. The van der Waals surface area contributed by atoms with Crippen molar-refractivity contribution in [3.05, 3.63) is 35.9 Å². The molecule has 3 heteroatoms. The number of piperazine rings is 1. The van der Waals surface area contributed by atoms with E-state index in [-0.39, 0.29) is 6.04 Å². The van der Waals surface area contributed by atoms with Gasteiger partial charge in [0.1, 0.15) is 6.04 Å². The molecule has 1 heterocycles. The van der Waals surface area contributed by atoms with Gasteiger partial charge < -0.3 is 0 Å². The first-order valence-electron chi connectivity index (χ1n) is 6.23. The van der Waals surface area contributed by atoms with Crippen LogP contribution in [0, 0.1) is 11.3 Å². The van der Waals surface area contributed by atoms with Gasteiger partial charge in [0, 0.05) is 26.2 Å². The normalized spacial score (nSPS) is 22.2. The highest BCUT2D eigenvalue weighted by atomic mass is 15.3. The maximum Gasteiger partial charge on any atom is 0.111 e. The summed E-state index contributed by atoms with van der Waals surface area (Å²) >= 11 is 0. The topological polar surface area (TPSA) is 30.3 Å². The number of hydrogen-bond acceptors (Lipinski definition) is 3. The summed E-state index contributed by atoms with van der Waals surface area (Å²) in [5.74, 6) is 0. The molecule has 0 radical (unpaired) electrons. The Labute approximate surface area is 103 Å². The molecule has 1 aliphatic heterocycles. The third kappa shape index (κ3) is 3.06. The van der Waals surface area contributed by atoms with Crippen LogP contribution in [-0.4, -0.2) is 42.0 Å². The molecule has 0 spiro atoms. The predicted molar refractivity (Wildman–Crippen MR) is 68.4 cm³/mol. The minimum absolute atomic E-state index is 0.0314. The third-order valence-electron chi connectivity index (χ3n) is 3.40. The van der Waals surface area contributed by atoms with Crippen LogP contribution < -0.4 is 0 Å². The molecular weight excluding hydrogens is 210 g/mol. The lowest BCUT2D eigenvalue weighted by atomic mass is 10.1. The lowest BCUT2D eigenvalue weighted by molar-refractivity contribution is 0.0988. The average Bonchev–Trinajstić information content (AvgIpc) is 2.40. The molecule has 0 aromatic heterocycles. The number of nitrogens with zero attached hydrogens (tertiary/aromatic N) is 3. The van der Waals surface area contributed by atoms with Gasteiger partial charge >= 0.3 is 0 Å². The van der Waals surface area contributed by atoms with Crippen LogP contribution in [0.2, 0.25) is 0 Å². The zero-order valence-corrected chi connectivity index (χ0v) is 10.3. The van der Waals surface area contributed by atoms with Crippen molar-refractivity contribution in [1.29, 1.82) is 5.26 Å². The van der Waals surface area contributed by atoms with Crippen LogP contribution in [0.3, 0.4) is 0 Å². The second kappa shape index (κ2) is 5.81. The summed E-state index contributed by atoms with van der Waals surface area (Å²) in [5.41, 5.74) is 1.29. The molecule has 2 rings (SSSR count). The Kier molecular flexibility index (Phi) is 4.13. The first-order chi connectivity index (χ1) is 8.33. The molecule has 1 aromatic carbocycles. The summed E-state index contributed by atoms with van der Waals surface area (Å²) in [6.07, 6.45) is 0. The molecule has 1 fully saturated rings. The van der Waals surface area contributed by atoms with Crippen molar-refractivity contribution in [3.63, 3.8) is 0 Å². The van der Waals surface area contributed by atoms with Crippen LogP contribution in [0.4, 0.5) is 0 Å². The van der Waals surface area contributed by atoms with Gasteiger partial charge in [-0.1, -0.05) is 37.3 Å². The van der Waals surface area contributed by atoms with Crippen molar-refractivity contribution >= 4 is 0 Å². The van der Waals surface area contributed by atoms with Crippen molar-refractivity contribution in [2.45, 2.75) is 19.5 Å². The van der Waals surface area contributed by atoms with E-state index < -0.39 is 0 Å². The van der Waals surface area contributed by atoms with Crippen LogP contribution in [0.1, 0.15) is 12.5 Å². The molecule has 1 aliphatic rings. The number of benzene rings is 1. The molecule has 1 aromatic rings. The molecule has 0 N–H and O–H groups in total. The molecule has 3 nitrogen and oxygen atoms in total. The number of hydrogen-bond donors (Lipinski definition) is 0. The lowest BCUT2D eigenvalue weighted by Crippen LogP contribution is -2.51. The van der Waals surface area contributed by atoms with Crippen LogP contribution in [0.15, 0.2) is 30.3 Å². The molecule has 0 aliphatic carbocycles. The third-order valence-corrected chi connectivity index (χ3v) is 3.40. The Hall–Kier alpha value is -1.37. The molecule has 1 saturated heterocycles. The number of likely N-dealkylation sites (N-methyl/N-ethyl adjacent to an activating group) is 1. The highest BCUT2D eigenvalue weighted by Gasteiger charge is 2.25. The van der Waals surface area contributed by atoms with Crippen LogP contribution >= 0.6 is 0 Å². The fraction of sp³-hybridized carbons (Fsp3) is 0.500. The summed E-state index contributed by atoms with van der Waals surface area (Å²) in [7, 11) is 0. The first kappa shape index (κ1) is 12.1. The Morgan fingerprint density at radius 1 is 1.29 bits per heavy atom. The zero-order chi connectivity index (χ0) is 12.1. The summed E-state index contributed by atoms with van der Waals surface area (Å²) < 4.78 is 0. The van der Waals surface area contributed by atoms with E-state index in [2.05, 4.69) is 47.1 Å². The van der Waals surface area contributed by atoms with Crippen molar-refractivity contribution in [2.75, 3.05) is 26.2 Å². The molecule has 1 atom stereocenters. The van der Waals surface area contributed by atoms with Gasteiger partial charge in [-0.25, -0.2) is 0 Å². The average molecular weight is 229 g/mol. The Morgan fingerprint density at radius 3 is 2.71 bits per heavy atom. The van der Waals surface area contributed by atoms with Crippen LogP contribution in [-0.2, 0) is 6.54 Å². The van der Waals surface area contributed by atoms with Gasteiger partial charge in [-0.3, -0.25) is 9.80 Å². The van der Waals surface area contributed by atoms with Crippen LogP contribution in [0.5, 0.6) is 0 Å². The molecule has 90 valence electrons. The van der Waals surface area contributed by atoms with E-state index in [4.69, 9.17) is 0 Å². The minimum atomic E-state index is 0.0314. The fourth-order valence-corrected chi connectivity index (χ4v) is 2.29. The maximum absolute atomic E-state index is 9.23. The van der Waals surface area contributed by atoms with Crippen molar-refractivity contribution in [3.8, 4) is 6.07 Å². The van der Waals surface area contributed by atoms with Gasteiger partial charge in [0.05, 0.1) is 6.07 Å². The van der Waals surface area contributed by atoms with E-state index >= 15 is 0 Å². The SMILES string of the molecule is CCN1CCN(Cc2ccccc2)C(C#N)C1. The Balaban J connectivity index is 1.99. The van der Waals surface area contributed by atoms with Gasteiger partial charge in [0.25, 0.3) is 0 Å². The summed E-state index contributed by atoms with van der Waals surface area (Å²) in [6, 6.07) is 12.8. The fourth-order valence-electron chi connectivity index (χ4n) is 2.29. The molecule has 0 bridgehead atoms. The number of nitriles is 1. The molecule has 1 unspecified atom stereocenters. The molecule has 17 heavy (non-hydrogen) atoms. The van der Waals surface area contributed by atoms with E-state index in [1.807, 2.05) is 6.07 Å². The summed E-state index contributed by atoms with van der Waals surface area (Å²) in [6.45, 7) is 7.01. The smallest absolute Gasteiger partial charge is 0.111 e. The van der Waals surface area contributed by atoms with E-state index in [1.165, 1.54) is 5.56 Å². The minimum Gasteiger partial charge on any atom is -0.300 e. The molecular formula is C14H19N3. The first-order valence-corrected chi connectivity index (χ1v) is 6.23. The number of rotatable bonds is 3. The van der Waals surface area contributed by atoms with Crippen molar-refractivity contribution in [1.82, 2.24) is 9.80 Å². The van der Waals surface area contributed by atoms with Crippen LogP contribution in [0.25, 0.3) is 0 Å². The molecule has 0 amide bonds. The maximum atomic E-state index is 9.23. The van der Waals surface area contributed by atoms with Gasteiger partial charge in [0.15, 0.2) is 0 Å². The van der Waals surface area contributed by atoms with E-state index in [0.717, 1.165) is 32.7 Å². The van der Waals surface area contributed by atoms with Crippen molar-refractivity contribution in [2.24, 2.45) is 0 Å². The van der Waals surface area contributed by atoms with Crippen molar-refractivity contribution < 1.29 is 0 Å². The van der Waals surface area contributed by atoms with Gasteiger partial charge in [-0.15, -0.1) is 0 Å². The summed E-state index contributed by atoms with van der Waals surface area (Å²) in [5, 5.41) is 9.23. The van der Waals surface area contributed by atoms with E-state index in [0.29, 0.717) is 0 Å². The standard InChI is InChI=1S/C14H19N3/c1-2-16-8-9-17(14(10-15)12-16)11-13-6-4-3-5-7-13/h3-7,14H,2,8-9,11-12H2,1H3. The Morgan fingerprint density at radius 2 is 2.06 bits per heavy atom. The van der Waals surface area contributed by atoms with Gasteiger partial charge in [0.2, 0.25) is 0 Å². The quantitative estimate of drug-likeness (QED) is 0.790. The molecule has 0 saturated carbocycles. The second-order valence-electron chi connectivity index (χ2n) is 4.49. The van der Waals surface area contributed by atoms with E-state index in [1.54, 1.807) is 0 Å². The largest absolute Gasteiger partial charge is 0.300 e. The lowest BCUT2D eigenvalue weighted by Gasteiger charge is -2.37. The monoisotopic (exact) mass is 229 g/mol.